The molecule has 1 N–H and O–H groups in total. The Balaban J connectivity index is 3.70. The van der Waals surface area contributed by atoms with Crippen LogP contribution < -0.4 is 5.32 Å². The standard InChI is InChI=1S/C12H26N2O3S/c1-4-5-8-13-9-6-10-14(2,3)11-7-12-18(15,16)17/h5,8,13H,4,6-7,9-12H2,1-3H3. The van der Waals surface area contributed by atoms with E-state index in [1.165, 1.54) is 0 Å². The van der Waals surface area contributed by atoms with Gasteiger partial charge in [0.1, 0.15) is 0 Å². The lowest BCUT2D eigenvalue weighted by molar-refractivity contribution is -0.890. The summed E-state index contributed by atoms with van der Waals surface area (Å²) in [6.07, 6.45) is 6.51. The molecule has 0 aliphatic rings. The Kier molecular flexibility index (Phi) is 8.22. The summed E-state index contributed by atoms with van der Waals surface area (Å²) in [5, 5.41) is 3.20. The van der Waals surface area contributed by atoms with Crippen LogP contribution >= 0.6 is 0 Å². The maximum Gasteiger partial charge on any atom is 0.0948 e. The van der Waals surface area contributed by atoms with Gasteiger partial charge in [-0.15, -0.1) is 0 Å². The van der Waals surface area contributed by atoms with Gasteiger partial charge in [-0.25, -0.2) is 8.42 Å². The fourth-order valence-corrected chi connectivity index (χ4v) is 2.16. The second-order valence-corrected chi connectivity index (χ2v) is 6.64. The minimum atomic E-state index is -4.06. The van der Waals surface area contributed by atoms with Crippen molar-refractivity contribution in [2.24, 2.45) is 0 Å². The highest BCUT2D eigenvalue weighted by Gasteiger charge is 2.14. The van der Waals surface area contributed by atoms with Crippen molar-refractivity contribution in [2.45, 2.75) is 26.2 Å². The molecule has 6 heteroatoms. The number of nitrogens with zero attached hydrogens (tertiary/aromatic N) is 1. The van der Waals surface area contributed by atoms with Crippen LogP contribution in [0.3, 0.4) is 0 Å². The number of nitrogens with one attached hydrogen (secondary N) is 1. The summed E-state index contributed by atoms with van der Waals surface area (Å²) in [5.41, 5.74) is 0. The van der Waals surface area contributed by atoms with Gasteiger partial charge in [-0.1, -0.05) is 13.0 Å². The maximum absolute atomic E-state index is 10.5. The van der Waals surface area contributed by atoms with E-state index < -0.39 is 10.1 Å². The molecule has 18 heavy (non-hydrogen) atoms. The van der Waals surface area contributed by atoms with Gasteiger partial charge in [-0.3, -0.25) is 0 Å². The van der Waals surface area contributed by atoms with Gasteiger partial charge in [-0.05, 0) is 12.6 Å². The number of hydrogen-bond donors (Lipinski definition) is 1. The first-order chi connectivity index (χ1) is 8.27. The monoisotopic (exact) mass is 278 g/mol. The lowest BCUT2D eigenvalue weighted by Crippen LogP contribution is -2.42. The van der Waals surface area contributed by atoms with Gasteiger partial charge in [0.05, 0.1) is 37.3 Å². The maximum atomic E-state index is 10.5. The normalized spacial score (nSPS) is 13.1. The van der Waals surface area contributed by atoms with Crippen molar-refractivity contribution in [2.75, 3.05) is 39.5 Å². The predicted molar refractivity (Wildman–Crippen MR) is 73.1 cm³/mol. The van der Waals surface area contributed by atoms with Crippen molar-refractivity contribution < 1.29 is 17.5 Å². The van der Waals surface area contributed by atoms with Crippen molar-refractivity contribution in [3.63, 3.8) is 0 Å². The van der Waals surface area contributed by atoms with E-state index in [9.17, 15) is 13.0 Å². The summed E-state index contributed by atoms with van der Waals surface area (Å²) < 4.78 is 32.2. The Hall–Kier alpha value is -0.590. The van der Waals surface area contributed by atoms with Crippen LogP contribution in [-0.2, 0) is 10.1 Å². The smallest absolute Gasteiger partial charge is 0.0948 e. The van der Waals surface area contributed by atoms with Gasteiger partial charge in [0, 0.05) is 25.1 Å². The zero-order valence-electron chi connectivity index (χ0n) is 11.7. The van der Waals surface area contributed by atoms with Crippen LogP contribution in [-0.4, -0.2) is 56.9 Å². The molecular weight excluding hydrogens is 252 g/mol. The number of hydrogen-bond acceptors (Lipinski definition) is 4. The number of quaternary nitrogens is 1. The highest BCUT2D eigenvalue weighted by Crippen LogP contribution is 2.02. The minimum absolute atomic E-state index is 0.258. The Labute approximate surface area is 111 Å². The minimum Gasteiger partial charge on any atom is -0.748 e. The quantitative estimate of drug-likeness (QED) is 0.366. The summed E-state index contributed by atoms with van der Waals surface area (Å²) in [6.45, 7) is 4.68. The molecule has 0 spiro atoms. The van der Waals surface area contributed by atoms with Gasteiger partial charge in [0.2, 0.25) is 0 Å². The highest BCUT2D eigenvalue weighted by atomic mass is 32.2. The Morgan fingerprint density at radius 3 is 2.39 bits per heavy atom. The molecule has 0 aromatic carbocycles. The van der Waals surface area contributed by atoms with Crippen LogP contribution in [0.5, 0.6) is 0 Å². The Bertz CT molecular complexity index is 337. The molecule has 0 aliphatic heterocycles. The SMILES string of the molecule is CCC=CNCCC[N+](C)(C)CCCS(=O)(=O)[O-]. The summed E-state index contributed by atoms with van der Waals surface area (Å²) in [6, 6.07) is 0. The summed E-state index contributed by atoms with van der Waals surface area (Å²) >= 11 is 0. The van der Waals surface area contributed by atoms with Gasteiger partial charge in [0.15, 0.2) is 0 Å². The zero-order valence-corrected chi connectivity index (χ0v) is 12.5. The van der Waals surface area contributed by atoms with E-state index in [2.05, 4.69) is 32.4 Å². The molecule has 5 nitrogen and oxygen atoms in total. The van der Waals surface area contributed by atoms with Crippen molar-refractivity contribution in [1.29, 1.82) is 0 Å². The molecule has 108 valence electrons. The fourth-order valence-electron chi connectivity index (χ4n) is 1.67. The molecule has 0 atom stereocenters. The van der Waals surface area contributed by atoms with E-state index >= 15 is 0 Å². The molecule has 0 aliphatic carbocycles. The molecule has 0 heterocycles. The van der Waals surface area contributed by atoms with Gasteiger partial charge < -0.3 is 14.4 Å². The molecule has 0 unspecified atom stereocenters. The summed E-state index contributed by atoms with van der Waals surface area (Å²) in [5.74, 6) is -0.258. The van der Waals surface area contributed by atoms with Gasteiger partial charge in [-0.2, -0.15) is 0 Å². The molecule has 0 fully saturated rings. The third-order valence-electron chi connectivity index (χ3n) is 2.71. The molecule has 0 radical (unpaired) electrons. The number of rotatable bonds is 10. The lowest BCUT2D eigenvalue weighted by atomic mass is 10.3. The molecule has 0 aromatic rings. The molecule has 0 amide bonds. The third-order valence-corrected chi connectivity index (χ3v) is 3.50. The number of allylic oxidation sites excluding steroid dienone is 1. The second-order valence-electron chi connectivity index (χ2n) is 5.12. The Morgan fingerprint density at radius 2 is 1.83 bits per heavy atom. The topological polar surface area (TPSA) is 69.2 Å². The fraction of sp³-hybridized carbons (Fsp3) is 0.833. The first-order valence-electron chi connectivity index (χ1n) is 6.41. The lowest BCUT2D eigenvalue weighted by Gasteiger charge is -2.30. The first-order valence-corrected chi connectivity index (χ1v) is 7.98. The van der Waals surface area contributed by atoms with Gasteiger partial charge >= 0.3 is 0 Å². The second kappa shape index (κ2) is 8.50. The van der Waals surface area contributed by atoms with Crippen molar-refractivity contribution in [3.8, 4) is 0 Å². The molecule has 0 saturated carbocycles. The predicted octanol–water partition coefficient (Wildman–Crippen LogP) is 0.902. The molecule has 0 aromatic heterocycles. The van der Waals surface area contributed by atoms with E-state index in [1.807, 2.05) is 6.20 Å². The van der Waals surface area contributed by atoms with E-state index in [0.29, 0.717) is 13.0 Å². The van der Waals surface area contributed by atoms with Crippen molar-refractivity contribution in [1.82, 2.24) is 5.32 Å². The van der Waals surface area contributed by atoms with Crippen LogP contribution in [0.4, 0.5) is 0 Å². The van der Waals surface area contributed by atoms with Crippen LogP contribution in [0.1, 0.15) is 26.2 Å². The molecule has 0 rings (SSSR count). The third kappa shape index (κ3) is 11.9. The average molecular weight is 278 g/mol. The molecule has 0 bridgehead atoms. The van der Waals surface area contributed by atoms with Crippen LogP contribution in [0.15, 0.2) is 12.3 Å². The van der Waals surface area contributed by atoms with Crippen molar-refractivity contribution >= 4 is 10.1 Å². The molecule has 0 saturated heterocycles. The zero-order chi connectivity index (χ0) is 14.1. The van der Waals surface area contributed by atoms with E-state index in [-0.39, 0.29) is 5.75 Å². The van der Waals surface area contributed by atoms with E-state index in [0.717, 1.165) is 30.4 Å². The first kappa shape index (κ1) is 17.4. The summed E-state index contributed by atoms with van der Waals surface area (Å²) in [7, 11) is 0.0463. The van der Waals surface area contributed by atoms with Gasteiger partial charge in [0.25, 0.3) is 0 Å². The summed E-state index contributed by atoms with van der Waals surface area (Å²) in [4.78, 5) is 0. The van der Waals surface area contributed by atoms with Crippen LogP contribution in [0, 0.1) is 0 Å². The van der Waals surface area contributed by atoms with E-state index in [4.69, 9.17) is 0 Å². The Morgan fingerprint density at radius 1 is 1.22 bits per heavy atom. The van der Waals surface area contributed by atoms with Crippen molar-refractivity contribution in [3.05, 3.63) is 12.3 Å². The average Bonchev–Trinajstić information content (AvgIpc) is 2.21. The largest absolute Gasteiger partial charge is 0.748 e. The highest BCUT2D eigenvalue weighted by molar-refractivity contribution is 7.85. The van der Waals surface area contributed by atoms with Crippen LogP contribution in [0.2, 0.25) is 0 Å². The van der Waals surface area contributed by atoms with E-state index in [1.54, 1.807) is 0 Å². The molecular formula is C12H26N2O3S. The van der Waals surface area contributed by atoms with Crippen LogP contribution in [0.25, 0.3) is 0 Å².